The Bertz CT molecular complexity index is 1210. The van der Waals surface area contributed by atoms with Crippen molar-refractivity contribution in [3.8, 4) is 5.75 Å². The lowest BCUT2D eigenvalue weighted by molar-refractivity contribution is -0.385. The quantitative estimate of drug-likeness (QED) is 0.292. The number of amides is 1. The minimum atomic E-state index is -0.958. The van der Waals surface area contributed by atoms with Crippen molar-refractivity contribution in [2.75, 3.05) is 0 Å². The van der Waals surface area contributed by atoms with E-state index in [4.69, 9.17) is 0 Å². The maximum atomic E-state index is 12.4. The number of hydrogen-bond acceptors (Lipinski definition) is 8. The molecule has 0 aliphatic carbocycles. The van der Waals surface area contributed by atoms with Gasteiger partial charge in [0, 0.05) is 22.2 Å². The van der Waals surface area contributed by atoms with Crippen LogP contribution in [0.4, 0.5) is 11.4 Å². The molecule has 3 aromatic rings. The van der Waals surface area contributed by atoms with E-state index in [0.717, 1.165) is 40.6 Å². The van der Waals surface area contributed by atoms with Crippen molar-refractivity contribution in [3.05, 3.63) is 90.2 Å². The van der Waals surface area contributed by atoms with Crippen molar-refractivity contribution in [3.63, 3.8) is 0 Å². The molecule has 0 saturated heterocycles. The van der Waals surface area contributed by atoms with Crippen LogP contribution in [0.25, 0.3) is 0 Å². The summed E-state index contributed by atoms with van der Waals surface area (Å²) >= 11 is 3.33. The fourth-order valence-electron chi connectivity index (χ4n) is 2.58. The Morgan fingerprint density at radius 1 is 1.23 bits per heavy atom. The van der Waals surface area contributed by atoms with E-state index in [-0.39, 0.29) is 23.5 Å². The third-order valence-electron chi connectivity index (χ3n) is 3.98. The first-order chi connectivity index (χ1) is 14.7. The zero-order valence-corrected chi connectivity index (χ0v) is 17.1. The van der Waals surface area contributed by atoms with E-state index >= 15 is 0 Å². The van der Waals surface area contributed by atoms with Crippen LogP contribution < -0.4 is 5.43 Å². The van der Waals surface area contributed by atoms with E-state index < -0.39 is 27.1 Å². The number of hydrazone groups is 1. The number of phenolic OH excluding ortho intramolecular Hbond substituents is 1. The highest BCUT2D eigenvalue weighted by molar-refractivity contribution is 9.10. The number of nitro groups is 2. The van der Waals surface area contributed by atoms with E-state index in [1.807, 2.05) is 12.1 Å². The molecule has 1 aromatic heterocycles. The van der Waals surface area contributed by atoms with E-state index in [2.05, 4.69) is 31.6 Å². The lowest BCUT2D eigenvalue weighted by atomic mass is 10.2. The van der Waals surface area contributed by atoms with Gasteiger partial charge in [-0.1, -0.05) is 28.1 Å². The minimum Gasteiger partial charge on any atom is -0.507 e. The molecule has 0 unspecified atom stereocenters. The zero-order valence-electron chi connectivity index (χ0n) is 15.5. The molecule has 13 heteroatoms. The van der Waals surface area contributed by atoms with Crippen LogP contribution in [-0.4, -0.2) is 36.9 Å². The summed E-state index contributed by atoms with van der Waals surface area (Å²) in [6.45, 7) is 0.193. The van der Waals surface area contributed by atoms with Gasteiger partial charge < -0.3 is 5.11 Å². The number of nitrogens with one attached hydrogen (secondary N) is 1. The number of halogens is 1. The molecule has 0 bridgehead atoms. The van der Waals surface area contributed by atoms with Crippen molar-refractivity contribution in [1.29, 1.82) is 0 Å². The average Bonchev–Trinajstić information content (AvgIpc) is 3.13. The van der Waals surface area contributed by atoms with Crippen LogP contribution in [0.3, 0.4) is 0 Å². The fourth-order valence-corrected chi connectivity index (χ4v) is 3.03. The van der Waals surface area contributed by atoms with Gasteiger partial charge in [0.2, 0.25) is 5.69 Å². The van der Waals surface area contributed by atoms with Crippen molar-refractivity contribution in [2.45, 2.75) is 6.54 Å². The van der Waals surface area contributed by atoms with E-state index in [1.165, 1.54) is 4.68 Å². The number of carbonyl (C=O) groups is 1. The molecule has 2 N–H and O–H groups in total. The lowest BCUT2D eigenvalue weighted by Gasteiger charge is -2.02. The Balaban J connectivity index is 1.79. The van der Waals surface area contributed by atoms with Crippen molar-refractivity contribution >= 4 is 39.4 Å². The molecule has 1 amide bonds. The van der Waals surface area contributed by atoms with Crippen LogP contribution in [0, 0.1) is 20.2 Å². The van der Waals surface area contributed by atoms with Gasteiger partial charge in [-0.25, -0.2) is 5.43 Å². The third kappa shape index (κ3) is 5.27. The second-order valence-electron chi connectivity index (χ2n) is 6.15. The molecule has 0 aliphatic heterocycles. The topological polar surface area (TPSA) is 166 Å². The molecule has 12 nitrogen and oxygen atoms in total. The van der Waals surface area contributed by atoms with Crippen LogP contribution in [0.1, 0.15) is 21.6 Å². The second kappa shape index (κ2) is 9.13. The normalized spacial score (nSPS) is 10.9. The van der Waals surface area contributed by atoms with Gasteiger partial charge in [0.25, 0.3) is 11.6 Å². The molecular weight excluding hydrogens is 476 g/mol. The first-order valence-corrected chi connectivity index (χ1v) is 9.31. The average molecular weight is 489 g/mol. The largest absolute Gasteiger partial charge is 0.507 e. The fraction of sp³-hybridized carbons (Fsp3) is 0.0556. The third-order valence-corrected chi connectivity index (χ3v) is 4.47. The van der Waals surface area contributed by atoms with Crippen molar-refractivity contribution in [2.24, 2.45) is 5.10 Å². The molecule has 158 valence electrons. The first kappa shape index (κ1) is 21.6. The molecule has 3 rings (SSSR count). The monoisotopic (exact) mass is 488 g/mol. The summed E-state index contributed by atoms with van der Waals surface area (Å²) < 4.78 is 2.08. The maximum absolute atomic E-state index is 12.4. The Morgan fingerprint density at radius 3 is 2.68 bits per heavy atom. The molecule has 0 spiro atoms. The van der Waals surface area contributed by atoms with Crippen molar-refractivity contribution in [1.82, 2.24) is 15.2 Å². The smallest absolute Gasteiger partial charge is 0.320 e. The van der Waals surface area contributed by atoms with Gasteiger partial charge in [-0.15, -0.1) is 0 Å². The number of phenols is 1. The number of nitrogens with zero attached hydrogens (tertiary/aromatic N) is 5. The molecular formula is C18H13BrN6O6. The second-order valence-corrected chi connectivity index (χ2v) is 7.06. The highest BCUT2D eigenvalue weighted by atomic mass is 79.9. The van der Waals surface area contributed by atoms with E-state index in [1.54, 1.807) is 12.1 Å². The summed E-state index contributed by atoms with van der Waals surface area (Å²) in [5.74, 6) is -1.26. The first-order valence-electron chi connectivity index (χ1n) is 8.51. The van der Waals surface area contributed by atoms with Gasteiger partial charge in [-0.3, -0.25) is 29.7 Å². The van der Waals surface area contributed by atoms with Gasteiger partial charge in [0.15, 0.2) is 0 Å². The molecule has 0 radical (unpaired) electrons. The summed E-state index contributed by atoms with van der Waals surface area (Å²) in [6, 6.07) is 10.5. The molecule has 0 aliphatic rings. The number of hydrogen-bond donors (Lipinski definition) is 2. The van der Waals surface area contributed by atoms with Gasteiger partial charge in [-0.2, -0.15) is 10.2 Å². The standard InChI is InChI=1S/C18H13BrN6O6/c19-13-3-1-2-11(6-13)9-23-10-15(25(30)31)17(22-23)18(27)21-20-8-12-7-14(24(28)29)4-5-16(12)26/h1-8,10,26H,9H2,(H,21,27)/b20-8+. The van der Waals surface area contributed by atoms with Gasteiger partial charge in [-0.05, 0) is 23.8 Å². The SMILES string of the molecule is O=C(N/N=C/c1cc([N+](=O)[O-])ccc1O)c1nn(Cc2cccc(Br)c2)cc1[N+](=O)[O-]. The van der Waals surface area contributed by atoms with Gasteiger partial charge in [0.05, 0.1) is 22.6 Å². The predicted molar refractivity (Wildman–Crippen MR) is 112 cm³/mol. The number of non-ortho nitro benzene ring substituents is 1. The van der Waals surface area contributed by atoms with E-state index in [0.29, 0.717) is 0 Å². The van der Waals surface area contributed by atoms with Crippen LogP contribution >= 0.6 is 15.9 Å². The Kier molecular flexibility index (Phi) is 6.35. The van der Waals surface area contributed by atoms with Crippen LogP contribution in [0.5, 0.6) is 5.75 Å². The molecule has 0 fully saturated rings. The lowest BCUT2D eigenvalue weighted by Crippen LogP contribution is -2.19. The van der Waals surface area contributed by atoms with Gasteiger partial charge in [0.1, 0.15) is 11.9 Å². The Morgan fingerprint density at radius 2 is 2.00 bits per heavy atom. The Hall–Kier alpha value is -4.13. The number of aromatic hydroxyl groups is 1. The number of benzene rings is 2. The van der Waals surface area contributed by atoms with Crippen LogP contribution in [0.15, 0.2) is 58.2 Å². The summed E-state index contributed by atoms with van der Waals surface area (Å²) in [5.41, 5.74) is 1.59. The number of nitro benzene ring substituents is 1. The summed E-state index contributed by atoms with van der Waals surface area (Å²) in [5, 5.41) is 39.4. The molecule has 31 heavy (non-hydrogen) atoms. The Labute approximate surface area is 182 Å². The summed E-state index contributed by atoms with van der Waals surface area (Å²) in [4.78, 5) is 33.1. The summed E-state index contributed by atoms with van der Waals surface area (Å²) in [6.07, 6.45) is 2.11. The highest BCUT2D eigenvalue weighted by Gasteiger charge is 2.25. The highest BCUT2D eigenvalue weighted by Crippen LogP contribution is 2.21. The number of aromatic nitrogens is 2. The molecule has 2 aromatic carbocycles. The number of carbonyl (C=O) groups excluding carboxylic acids is 1. The summed E-state index contributed by atoms with van der Waals surface area (Å²) in [7, 11) is 0. The van der Waals surface area contributed by atoms with Crippen LogP contribution in [0.2, 0.25) is 0 Å². The molecule has 0 atom stereocenters. The molecule has 0 saturated carbocycles. The maximum Gasteiger partial charge on any atom is 0.320 e. The van der Waals surface area contributed by atoms with Gasteiger partial charge >= 0.3 is 5.69 Å². The predicted octanol–water partition coefficient (Wildman–Crippen LogP) is 2.98. The number of rotatable bonds is 7. The van der Waals surface area contributed by atoms with E-state index in [9.17, 15) is 30.1 Å². The zero-order chi connectivity index (χ0) is 22.5. The van der Waals surface area contributed by atoms with Crippen LogP contribution in [-0.2, 0) is 6.54 Å². The minimum absolute atomic E-state index is 0.0239. The molecule has 1 heterocycles. The van der Waals surface area contributed by atoms with Crippen molar-refractivity contribution < 1.29 is 19.7 Å².